The Morgan fingerprint density at radius 1 is 1.40 bits per heavy atom. The zero-order chi connectivity index (χ0) is 10.7. The van der Waals surface area contributed by atoms with Crippen LogP contribution in [0.2, 0.25) is 0 Å². The molecule has 1 heterocycles. The number of nitrogens with one attached hydrogen (secondary N) is 1. The van der Waals surface area contributed by atoms with Crippen LogP contribution in [-0.2, 0) is 6.54 Å². The van der Waals surface area contributed by atoms with E-state index in [-0.39, 0.29) is 0 Å². The maximum Gasteiger partial charge on any atom is 0.0346 e. The molecule has 0 radical (unpaired) electrons. The van der Waals surface area contributed by atoms with E-state index in [9.17, 15) is 0 Å². The van der Waals surface area contributed by atoms with Gasteiger partial charge in [-0.15, -0.1) is 11.3 Å². The van der Waals surface area contributed by atoms with Gasteiger partial charge in [0, 0.05) is 22.6 Å². The van der Waals surface area contributed by atoms with E-state index < -0.39 is 0 Å². The molecule has 1 aromatic heterocycles. The fourth-order valence-electron chi connectivity index (χ4n) is 1.51. The quantitative estimate of drug-likeness (QED) is 0.843. The average Bonchev–Trinajstić information content (AvgIpc) is 2.69. The van der Waals surface area contributed by atoms with Crippen molar-refractivity contribution < 1.29 is 0 Å². The first-order chi connectivity index (χ1) is 7.31. The first-order valence-corrected chi connectivity index (χ1v) is 7.06. The molecule has 1 unspecified atom stereocenters. The molecule has 0 aliphatic heterocycles. The minimum Gasteiger partial charge on any atom is -0.309 e. The van der Waals surface area contributed by atoms with Gasteiger partial charge in [0.25, 0.3) is 0 Å². The van der Waals surface area contributed by atoms with Crippen LogP contribution in [-0.4, -0.2) is 11.4 Å². The third kappa shape index (κ3) is 2.60. The van der Waals surface area contributed by atoms with Crippen LogP contribution >= 0.6 is 27.3 Å². The number of halogens is 1. The van der Waals surface area contributed by atoms with Crippen molar-refractivity contribution in [2.24, 2.45) is 0 Å². The minimum absolute atomic E-state index is 0.517. The summed E-state index contributed by atoms with van der Waals surface area (Å²) in [7, 11) is 0. The molecule has 0 aliphatic carbocycles. The zero-order valence-corrected chi connectivity index (χ0v) is 11.1. The summed E-state index contributed by atoms with van der Waals surface area (Å²) in [5.41, 5.74) is 1.41. The molecule has 1 atom stereocenters. The normalized spacial score (nSPS) is 13.2. The van der Waals surface area contributed by atoms with E-state index in [1.165, 1.54) is 15.6 Å². The molecule has 0 amide bonds. The second-order valence-corrected chi connectivity index (χ2v) is 5.25. The Hall–Kier alpha value is -0.380. The van der Waals surface area contributed by atoms with Gasteiger partial charge in [0.1, 0.15) is 0 Å². The topological polar surface area (TPSA) is 12.0 Å². The standard InChI is InChI=1S/C12H14BrNS/c1-9(6-13)14-7-10-8-15-12-5-3-2-4-11(10)12/h2-5,8-9,14H,6-7H2,1H3. The molecule has 0 spiro atoms. The van der Waals surface area contributed by atoms with Crippen molar-refractivity contribution >= 4 is 37.4 Å². The smallest absolute Gasteiger partial charge is 0.0346 e. The molecule has 15 heavy (non-hydrogen) atoms. The van der Waals surface area contributed by atoms with Crippen LogP contribution in [0.4, 0.5) is 0 Å². The lowest BCUT2D eigenvalue weighted by Crippen LogP contribution is -2.26. The first-order valence-electron chi connectivity index (χ1n) is 5.05. The van der Waals surface area contributed by atoms with Crippen LogP contribution in [0.5, 0.6) is 0 Å². The minimum atomic E-state index is 0.517. The van der Waals surface area contributed by atoms with Crippen molar-refractivity contribution in [1.29, 1.82) is 0 Å². The van der Waals surface area contributed by atoms with Crippen LogP contribution in [0.25, 0.3) is 10.1 Å². The van der Waals surface area contributed by atoms with Crippen LogP contribution in [0.15, 0.2) is 29.6 Å². The lowest BCUT2D eigenvalue weighted by atomic mass is 10.2. The van der Waals surface area contributed by atoms with Gasteiger partial charge in [-0.05, 0) is 29.3 Å². The van der Waals surface area contributed by atoms with Gasteiger partial charge in [0.2, 0.25) is 0 Å². The Morgan fingerprint density at radius 2 is 2.20 bits per heavy atom. The molecule has 2 aromatic rings. The maximum absolute atomic E-state index is 3.49. The highest BCUT2D eigenvalue weighted by Gasteiger charge is 2.04. The SMILES string of the molecule is CC(CBr)NCc1csc2ccccc12. The van der Waals surface area contributed by atoms with Crippen molar-refractivity contribution in [1.82, 2.24) is 5.32 Å². The fourth-order valence-corrected chi connectivity index (χ4v) is 2.70. The maximum atomic E-state index is 3.49. The molecule has 0 saturated heterocycles. The number of hydrogen-bond donors (Lipinski definition) is 1. The van der Waals surface area contributed by atoms with Gasteiger partial charge in [-0.25, -0.2) is 0 Å². The van der Waals surface area contributed by atoms with Crippen molar-refractivity contribution in [3.63, 3.8) is 0 Å². The third-order valence-electron chi connectivity index (χ3n) is 2.43. The van der Waals surface area contributed by atoms with Gasteiger partial charge in [-0.3, -0.25) is 0 Å². The van der Waals surface area contributed by atoms with Gasteiger partial charge in [0.05, 0.1) is 0 Å². The van der Waals surface area contributed by atoms with E-state index in [4.69, 9.17) is 0 Å². The lowest BCUT2D eigenvalue weighted by Gasteiger charge is -2.09. The fraction of sp³-hybridized carbons (Fsp3) is 0.333. The van der Waals surface area contributed by atoms with Crippen molar-refractivity contribution in [2.75, 3.05) is 5.33 Å². The summed E-state index contributed by atoms with van der Waals surface area (Å²) in [6.07, 6.45) is 0. The van der Waals surface area contributed by atoms with E-state index >= 15 is 0 Å². The van der Waals surface area contributed by atoms with E-state index in [0.29, 0.717) is 6.04 Å². The molecule has 0 aliphatic rings. The average molecular weight is 284 g/mol. The largest absolute Gasteiger partial charge is 0.309 e. The highest BCUT2D eigenvalue weighted by atomic mass is 79.9. The summed E-state index contributed by atoms with van der Waals surface area (Å²) in [4.78, 5) is 0. The van der Waals surface area contributed by atoms with E-state index in [1.54, 1.807) is 0 Å². The third-order valence-corrected chi connectivity index (χ3v) is 4.42. The summed E-state index contributed by atoms with van der Waals surface area (Å²) in [5.74, 6) is 0. The van der Waals surface area contributed by atoms with Gasteiger partial charge in [0.15, 0.2) is 0 Å². The Balaban J connectivity index is 2.14. The molecule has 2 rings (SSSR count). The molecular weight excluding hydrogens is 270 g/mol. The Kier molecular flexibility index (Phi) is 3.78. The van der Waals surface area contributed by atoms with E-state index in [1.807, 2.05) is 11.3 Å². The molecule has 80 valence electrons. The Labute approximate surface area is 103 Å². The Bertz CT molecular complexity index is 438. The van der Waals surface area contributed by atoms with Crippen molar-refractivity contribution in [2.45, 2.75) is 19.5 Å². The second kappa shape index (κ2) is 5.10. The molecule has 0 bridgehead atoms. The number of benzene rings is 1. The van der Waals surface area contributed by atoms with Crippen LogP contribution in [0.3, 0.4) is 0 Å². The molecule has 0 fully saturated rings. The van der Waals surface area contributed by atoms with Crippen LogP contribution < -0.4 is 5.32 Å². The van der Waals surface area contributed by atoms with Gasteiger partial charge in [-0.1, -0.05) is 34.1 Å². The van der Waals surface area contributed by atoms with Crippen molar-refractivity contribution in [3.05, 3.63) is 35.2 Å². The molecule has 1 aromatic carbocycles. The number of alkyl halides is 1. The molecule has 1 N–H and O–H groups in total. The summed E-state index contributed by atoms with van der Waals surface area (Å²) in [6.45, 7) is 3.14. The summed E-state index contributed by atoms with van der Waals surface area (Å²) in [5, 5.41) is 8.12. The summed E-state index contributed by atoms with van der Waals surface area (Å²) < 4.78 is 1.38. The highest BCUT2D eigenvalue weighted by molar-refractivity contribution is 9.09. The molecule has 3 heteroatoms. The van der Waals surface area contributed by atoms with Gasteiger partial charge in [-0.2, -0.15) is 0 Å². The van der Waals surface area contributed by atoms with E-state index in [0.717, 1.165) is 11.9 Å². The zero-order valence-electron chi connectivity index (χ0n) is 8.66. The molecule has 0 saturated carbocycles. The monoisotopic (exact) mass is 283 g/mol. The lowest BCUT2D eigenvalue weighted by molar-refractivity contribution is 0.601. The number of thiophene rings is 1. The first kappa shape index (κ1) is 11.1. The summed E-state index contributed by atoms with van der Waals surface area (Å²) in [6, 6.07) is 9.09. The highest BCUT2D eigenvalue weighted by Crippen LogP contribution is 2.25. The number of hydrogen-bond acceptors (Lipinski definition) is 2. The van der Waals surface area contributed by atoms with Crippen LogP contribution in [0.1, 0.15) is 12.5 Å². The van der Waals surface area contributed by atoms with Gasteiger partial charge < -0.3 is 5.32 Å². The number of rotatable bonds is 4. The molecular formula is C12H14BrNS. The predicted molar refractivity (Wildman–Crippen MR) is 71.9 cm³/mol. The molecule has 1 nitrogen and oxygen atoms in total. The number of fused-ring (bicyclic) bond motifs is 1. The van der Waals surface area contributed by atoms with Crippen molar-refractivity contribution in [3.8, 4) is 0 Å². The van der Waals surface area contributed by atoms with Gasteiger partial charge >= 0.3 is 0 Å². The second-order valence-electron chi connectivity index (χ2n) is 3.69. The summed E-state index contributed by atoms with van der Waals surface area (Å²) >= 11 is 5.29. The van der Waals surface area contributed by atoms with E-state index in [2.05, 4.69) is 57.8 Å². The van der Waals surface area contributed by atoms with Crippen LogP contribution in [0, 0.1) is 0 Å². The Morgan fingerprint density at radius 3 is 3.00 bits per heavy atom. The predicted octanol–water partition coefficient (Wildman–Crippen LogP) is 3.77.